The van der Waals surface area contributed by atoms with Gasteiger partial charge in [0.1, 0.15) is 5.75 Å². The third-order valence-corrected chi connectivity index (χ3v) is 6.66. The fourth-order valence-corrected chi connectivity index (χ4v) is 4.73. The molecule has 2 aliphatic rings. The minimum atomic E-state index is -0.746. The summed E-state index contributed by atoms with van der Waals surface area (Å²) < 4.78 is 11.1. The van der Waals surface area contributed by atoms with Crippen LogP contribution in [0.15, 0.2) is 48.5 Å². The number of nitrogens with zero attached hydrogens (tertiary/aromatic N) is 1. The first kappa shape index (κ1) is 23.8. The molecule has 0 saturated carbocycles. The Morgan fingerprint density at radius 1 is 1.06 bits per heavy atom. The summed E-state index contributed by atoms with van der Waals surface area (Å²) in [5.41, 5.74) is 1.82. The molecule has 0 aromatic heterocycles. The lowest BCUT2D eigenvalue weighted by Gasteiger charge is -2.38. The maximum Gasteiger partial charge on any atom is 0.313 e. The van der Waals surface area contributed by atoms with Crippen LogP contribution >= 0.6 is 0 Å². The van der Waals surface area contributed by atoms with E-state index in [1.54, 1.807) is 30.2 Å². The molecule has 2 saturated heterocycles. The van der Waals surface area contributed by atoms with Crippen molar-refractivity contribution in [2.75, 3.05) is 43.6 Å². The molecular formula is C26H31N3O5. The highest BCUT2D eigenvalue weighted by Gasteiger charge is 2.37. The number of hydrogen-bond acceptors (Lipinski definition) is 5. The zero-order valence-electron chi connectivity index (χ0n) is 19.5. The van der Waals surface area contributed by atoms with Crippen molar-refractivity contribution in [2.45, 2.75) is 37.5 Å². The maximum atomic E-state index is 12.7. The van der Waals surface area contributed by atoms with Crippen molar-refractivity contribution in [2.24, 2.45) is 0 Å². The van der Waals surface area contributed by atoms with E-state index in [4.69, 9.17) is 9.47 Å². The van der Waals surface area contributed by atoms with Crippen LogP contribution in [-0.4, -0.2) is 51.1 Å². The second-order valence-electron chi connectivity index (χ2n) is 8.78. The minimum absolute atomic E-state index is 0.0746. The topological polar surface area (TPSA) is 97.0 Å². The summed E-state index contributed by atoms with van der Waals surface area (Å²) in [7, 11) is 1.63. The Bertz CT molecular complexity index is 1050. The Balaban J connectivity index is 1.42. The summed E-state index contributed by atoms with van der Waals surface area (Å²) in [6.07, 6.45) is 3.79. The van der Waals surface area contributed by atoms with Crippen LogP contribution in [0.1, 0.15) is 37.7 Å². The summed E-state index contributed by atoms with van der Waals surface area (Å²) in [6.45, 7) is 2.10. The van der Waals surface area contributed by atoms with Gasteiger partial charge >= 0.3 is 11.8 Å². The number of anilines is 2. The Morgan fingerprint density at radius 2 is 1.85 bits per heavy atom. The van der Waals surface area contributed by atoms with Gasteiger partial charge in [-0.3, -0.25) is 14.4 Å². The van der Waals surface area contributed by atoms with E-state index < -0.39 is 11.8 Å². The molecule has 8 heteroatoms. The minimum Gasteiger partial charge on any atom is -0.496 e. The van der Waals surface area contributed by atoms with Gasteiger partial charge in [0.25, 0.3) is 0 Å². The average molecular weight is 466 g/mol. The molecule has 0 atom stereocenters. The number of benzene rings is 2. The van der Waals surface area contributed by atoms with Crippen LogP contribution in [0.25, 0.3) is 0 Å². The van der Waals surface area contributed by atoms with Crippen LogP contribution in [0, 0.1) is 0 Å². The number of rotatable bonds is 6. The molecule has 3 amide bonds. The van der Waals surface area contributed by atoms with Gasteiger partial charge in [0.05, 0.1) is 7.11 Å². The molecule has 180 valence electrons. The predicted octanol–water partition coefficient (Wildman–Crippen LogP) is 3.02. The SMILES string of the molecule is COc1ccccc1C1(CNC(=O)C(=O)Nc2cccc(N3CCCCC3=O)c2)CCOCC1. The van der Waals surface area contributed by atoms with E-state index in [0.29, 0.717) is 51.3 Å². The number of piperidine rings is 1. The van der Waals surface area contributed by atoms with E-state index in [2.05, 4.69) is 10.6 Å². The number of methoxy groups -OCH3 is 1. The molecule has 2 aromatic carbocycles. The molecule has 2 heterocycles. The highest BCUT2D eigenvalue weighted by Crippen LogP contribution is 2.39. The Kier molecular flexibility index (Phi) is 7.47. The van der Waals surface area contributed by atoms with Crippen molar-refractivity contribution in [1.82, 2.24) is 5.32 Å². The second kappa shape index (κ2) is 10.7. The molecule has 4 rings (SSSR count). The number of ether oxygens (including phenoxy) is 2. The molecule has 0 aliphatic carbocycles. The molecular weight excluding hydrogens is 434 g/mol. The summed E-state index contributed by atoms with van der Waals surface area (Å²) in [5.74, 6) is -0.623. The zero-order chi connectivity index (χ0) is 24.0. The van der Waals surface area contributed by atoms with E-state index in [0.717, 1.165) is 29.8 Å². The first-order valence-corrected chi connectivity index (χ1v) is 11.7. The molecule has 2 fully saturated rings. The number of carbonyl (C=O) groups is 3. The van der Waals surface area contributed by atoms with Gasteiger partial charge < -0.3 is 25.0 Å². The summed E-state index contributed by atoms with van der Waals surface area (Å²) in [5, 5.41) is 5.48. The number of carbonyl (C=O) groups excluding carboxylic acids is 3. The molecule has 0 radical (unpaired) electrons. The molecule has 2 N–H and O–H groups in total. The largest absolute Gasteiger partial charge is 0.496 e. The van der Waals surface area contributed by atoms with E-state index in [1.165, 1.54) is 0 Å². The molecule has 2 aromatic rings. The van der Waals surface area contributed by atoms with E-state index in [1.807, 2.05) is 30.3 Å². The van der Waals surface area contributed by atoms with Crippen molar-refractivity contribution in [3.05, 3.63) is 54.1 Å². The van der Waals surface area contributed by atoms with Gasteiger partial charge in [0.2, 0.25) is 5.91 Å². The van der Waals surface area contributed by atoms with Crippen LogP contribution in [-0.2, 0) is 24.5 Å². The number of nitrogens with one attached hydrogen (secondary N) is 2. The van der Waals surface area contributed by atoms with Crippen molar-refractivity contribution >= 4 is 29.1 Å². The van der Waals surface area contributed by atoms with Crippen LogP contribution in [0.4, 0.5) is 11.4 Å². The molecule has 0 unspecified atom stereocenters. The van der Waals surface area contributed by atoms with Crippen molar-refractivity contribution < 1.29 is 23.9 Å². The molecule has 0 bridgehead atoms. The zero-order valence-corrected chi connectivity index (χ0v) is 19.5. The van der Waals surface area contributed by atoms with Gasteiger partial charge in [0, 0.05) is 55.1 Å². The first-order valence-electron chi connectivity index (χ1n) is 11.7. The molecule has 8 nitrogen and oxygen atoms in total. The third kappa shape index (κ3) is 5.22. The number of para-hydroxylation sites is 1. The highest BCUT2D eigenvalue weighted by atomic mass is 16.5. The van der Waals surface area contributed by atoms with E-state index in [9.17, 15) is 14.4 Å². The van der Waals surface area contributed by atoms with Crippen LogP contribution < -0.4 is 20.3 Å². The van der Waals surface area contributed by atoms with Gasteiger partial charge in [-0.15, -0.1) is 0 Å². The second-order valence-corrected chi connectivity index (χ2v) is 8.78. The summed E-state index contributed by atoms with van der Waals surface area (Å²) in [4.78, 5) is 39.3. The summed E-state index contributed by atoms with van der Waals surface area (Å²) >= 11 is 0. The Morgan fingerprint density at radius 3 is 2.62 bits per heavy atom. The number of hydrogen-bond donors (Lipinski definition) is 2. The Labute approximate surface area is 199 Å². The first-order chi connectivity index (χ1) is 16.5. The summed E-state index contributed by atoms with van der Waals surface area (Å²) in [6, 6.07) is 14.8. The standard InChI is InChI=1S/C26H31N3O5/c1-33-22-10-3-2-9-21(22)26(12-15-34-16-13-26)18-27-24(31)25(32)28-19-7-6-8-20(17-19)29-14-5-4-11-23(29)30/h2-3,6-10,17H,4-5,11-16,18H2,1H3,(H,27,31)(H,28,32). The monoisotopic (exact) mass is 465 g/mol. The van der Waals surface area contributed by atoms with Gasteiger partial charge in [0.15, 0.2) is 0 Å². The molecule has 34 heavy (non-hydrogen) atoms. The maximum absolute atomic E-state index is 12.7. The van der Waals surface area contributed by atoms with Crippen molar-refractivity contribution in [1.29, 1.82) is 0 Å². The van der Waals surface area contributed by atoms with Gasteiger partial charge in [-0.2, -0.15) is 0 Å². The highest BCUT2D eigenvalue weighted by molar-refractivity contribution is 6.39. The van der Waals surface area contributed by atoms with E-state index >= 15 is 0 Å². The third-order valence-electron chi connectivity index (χ3n) is 6.66. The lowest BCUT2D eigenvalue weighted by Crippen LogP contribution is -2.47. The Hall–Kier alpha value is -3.39. The van der Waals surface area contributed by atoms with Crippen LogP contribution in [0.3, 0.4) is 0 Å². The van der Waals surface area contributed by atoms with Crippen molar-refractivity contribution in [3.8, 4) is 5.75 Å². The van der Waals surface area contributed by atoms with Crippen molar-refractivity contribution in [3.63, 3.8) is 0 Å². The van der Waals surface area contributed by atoms with Gasteiger partial charge in [-0.05, 0) is 49.9 Å². The van der Waals surface area contributed by atoms with Gasteiger partial charge in [-0.1, -0.05) is 24.3 Å². The lowest BCUT2D eigenvalue weighted by atomic mass is 9.73. The predicted molar refractivity (Wildman–Crippen MR) is 129 cm³/mol. The number of amides is 3. The smallest absolute Gasteiger partial charge is 0.313 e. The fraction of sp³-hybridized carbons (Fsp3) is 0.423. The van der Waals surface area contributed by atoms with E-state index in [-0.39, 0.29) is 11.3 Å². The molecule has 2 aliphatic heterocycles. The average Bonchev–Trinajstić information content (AvgIpc) is 2.88. The molecule has 0 spiro atoms. The normalized spacial score (nSPS) is 17.7. The lowest BCUT2D eigenvalue weighted by molar-refractivity contribution is -0.136. The fourth-order valence-electron chi connectivity index (χ4n) is 4.73. The van der Waals surface area contributed by atoms with Crippen LogP contribution in [0.2, 0.25) is 0 Å². The van der Waals surface area contributed by atoms with Gasteiger partial charge in [-0.25, -0.2) is 0 Å². The quantitative estimate of drug-likeness (QED) is 0.640. The van der Waals surface area contributed by atoms with Crippen LogP contribution in [0.5, 0.6) is 5.75 Å².